The molecular formula is C21H24F2N4O4. The van der Waals surface area contributed by atoms with Gasteiger partial charge in [0.1, 0.15) is 5.75 Å². The fourth-order valence-electron chi connectivity index (χ4n) is 3.05. The summed E-state index contributed by atoms with van der Waals surface area (Å²) in [5, 5.41) is 8.82. The number of guanidine groups is 1. The molecule has 0 aliphatic carbocycles. The van der Waals surface area contributed by atoms with Crippen LogP contribution in [0.3, 0.4) is 0 Å². The summed E-state index contributed by atoms with van der Waals surface area (Å²) >= 11 is 0. The third-order valence-electron chi connectivity index (χ3n) is 4.56. The van der Waals surface area contributed by atoms with Crippen LogP contribution in [-0.2, 0) is 13.0 Å². The van der Waals surface area contributed by atoms with Crippen LogP contribution in [0.1, 0.15) is 21.5 Å². The number of benzene rings is 2. The van der Waals surface area contributed by atoms with Crippen molar-refractivity contribution in [3.8, 4) is 17.2 Å². The zero-order valence-electron chi connectivity index (χ0n) is 17.2. The van der Waals surface area contributed by atoms with E-state index in [1.54, 1.807) is 26.2 Å². The smallest absolute Gasteiger partial charge is 0.387 e. The van der Waals surface area contributed by atoms with Gasteiger partial charge in [-0.15, -0.1) is 0 Å². The molecule has 0 aromatic heterocycles. The van der Waals surface area contributed by atoms with E-state index in [0.29, 0.717) is 41.6 Å². The predicted molar refractivity (Wildman–Crippen MR) is 111 cm³/mol. The molecule has 1 heterocycles. The second-order valence-electron chi connectivity index (χ2n) is 6.57. The lowest BCUT2D eigenvalue weighted by molar-refractivity contribution is -0.0505. The van der Waals surface area contributed by atoms with Gasteiger partial charge in [0.05, 0.1) is 0 Å². The van der Waals surface area contributed by atoms with Gasteiger partial charge < -0.3 is 30.2 Å². The molecule has 3 N–H and O–H groups in total. The molecule has 0 saturated carbocycles. The summed E-state index contributed by atoms with van der Waals surface area (Å²) in [7, 11) is 3.20. The summed E-state index contributed by atoms with van der Waals surface area (Å²) in [4.78, 5) is 15.9. The number of ether oxygens (including phenoxy) is 3. The number of nitrogens with zero attached hydrogens (tertiary/aromatic N) is 1. The Morgan fingerprint density at radius 2 is 1.97 bits per heavy atom. The largest absolute Gasteiger partial charge is 0.454 e. The minimum atomic E-state index is -2.96. The number of nitrogens with one attached hydrogen (secondary N) is 3. The number of fused-ring (bicyclic) bond motifs is 1. The maximum Gasteiger partial charge on any atom is 0.387 e. The summed E-state index contributed by atoms with van der Waals surface area (Å²) in [5.41, 5.74) is 2.06. The Bertz CT molecular complexity index is 953. The summed E-state index contributed by atoms with van der Waals surface area (Å²) < 4.78 is 40.7. The Balaban J connectivity index is 1.57. The van der Waals surface area contributed by atoms with Crippen LogP contribution in [0.2, 0.25) is 0 Å². The SMILES string of the molecule is CN=C(NCCc1cccc(C(=O)NC)c1)NCc1cc2c(cc1OC(F)F)OCO2. The number of hydrogen-bond donors (Lipinski definition) is 3. The average molecular weight is 434 g/mol. The van der Waals surface area contributed by atoms with Gasteiger partial charge in [0.25, 0.3) is 5.91 Å². The Morgan fingerprint density at radius 1 is 1.19 bits per heavy atom. The fourth-order valence-corrected chi connectivity index (χ4v) is 3.05. The van der Waals surface area contributed by atoms with Crippen LogP contribution >= 0.6 is 0 Å². The minimum Gasteiger partial charge on any atom is -0.454 e. The van der Waals surface area contributed by atoms with Crippen LogP contribution in [-0.4, -0.2) is 45.9 Å². The number of carbonyl (C=O) groups is 1. The van der Waals surface area contributed by atoms with Crippen molar-refractivity contribution in [1.82, 2.24) is 16.0 Å². The van der Waals surface area contributed by atoms with Crippen LogP contribution < -0.4 is 30.2 Å². The zero-order chi connectivity index (χ0) is 22.2. The third-order valence-corrected chi connectivity index (χ3v) is 4.56. The Kier molecular flexibility index (Phi) is 7.47. The first-order valence-corrected chi connectivity index (χ1v) is 9.63. The number of alkyl halides is 2. The standard InChI is InChI=1S/C21H24F2N4O4/c1-24-19(28)14-5-3-4-13(8-14)6-7-26-21(25-2)27-11-15-9-17-18(30-12-29-17)10-16(15)31-20(22)23/h3-5,8-10,20H,6-7,11-12H2,1-2H3,(H,24,28)(H2,25,26,27). The normalized spacial score (nSPS) is 12.6. The molecule has 0 fully saturated rings. The first-order valence-electron chi connectivity index (χ1n) is 9.63. The van der Waals surface area contributed by atoms with Gasteiger partial charge in [-0.25, -0.2) is 0 Å². The second kappa shape index (κ2) is 10.5. The van der Waals surface area contributed by atoms with Crippen molar-refractivity contribution in [2.24, 2.45) is 4.99 Å². The number of halogens is 2. The van der Waals surface area contributed by atoms with Gasteiger partial charge in [0.2, 0.25) is 6.79 Å². The molecule has 1 aliphatic rings. The van der Waals surface area contributed by atoms with Gasteiger partial charge in [0, 0.05) is 44.4 Å². The number of hydrogen-bond acceptors (Lipinski definition) is 5. The average Bonchev–Trinajstić information content (AvgIpc) is 3.22. The first-order chi connectivity index (χ1) is 15.0. The Morgan fingerprint density at radius 3 is 2.68 bits per heavy atom. The van der Waals surface area contributed by atoms with E-state index in [0.717, 1.165) is 5.56 Å². The Labute approximate surface area is 178 Å². The van der Waals surface area contributed by atoms with Crippen LogP contribution in [0.15, 0.2) is 41.4 Å². The highest BCUT2D eigenvalue weighted by molar-refractivity contribution is 5.94. The van der Waals surface area contributed by atoms with Gasteiger partial charge in [-0.1, -0.05) is 12.1 Å². The monoisotopic (exact) mass is 434 g/mol. The van der Waals surface area contributed by atoms with Gasteiger partial charge in [-0.3, -0.25) is 9.79 Å². The molecule has 2 aromatic rings. The second-order valence-corrected chi connectivity index (χ2v) is 6.57. The van der Waals surface area contributed by atoms with E-state index in [9.17, 15) is 13.6 Å². The zero-order valence-corrected chi connectivity index (χ0v) is 17.2. The first kappa shape index (κ1) is 22.1. The highest BCUT2D eigenvalue weighted by atomic mass is 19.3. The number of carbonyl (C=O) groups excluding carboxylic acids is 1. The Hall–Kier alpha value is -3.56. The maximum atomic E-state index is 12.8. The molecule has 0 saturated heterocycles. The molecule has 2 aromatic carbocycles. The van der Waals surface area contributed by atoms with E-state index in [-0.39, 0.29) is 25.0 Å². The molecule has 166 valence electrons. The molecule has 0 unspecified atom stereocenters. The van der Waals surface area contributed by atoms with Crippen molar-refractivity contribution in [3.05, 3.63) is 53.1 Å². The summed E-state index contributed by atoms with van der Waals surface area (Å²) in [6.45, 7) is -2.18. The van der Waals surface area contributed by atoms with E-state index in [4.69, 9.17) is 9.47 Å². The lowest BCUT2D eigenvalue weighted by Crippen LogP contribution is -2.38. The molecule has 31 heavy (non-hydrogen) atoms. The maximum absolute atomic E-state index is 12.8. The van der Waals surface area contributed by atoms with Crippen molar-refractivity contribution in [2.75, 3.05) is 27.4 Å². The van der Waals surface area contributed by atoms with Gasteiger partial charge in [-0.2, -0.15) is 8.78 Å². The van der Waals surface area contributed by atoms with Crippen LogP contribution in [0, 0.1) is 0 Å². The van der Waals surface area contributed by atoms with Crippen molar-refractivity contribution in [1.29, 1.82) is 0 Å². The number of amides is 1. The van der Waals surface area contributed by atoms with Crippen molar-refractivity contribution in [2.45, 2.75) is 19.6 Å². The van der Waals surface area contributed by atoms with E-state index in [2.05, 4.69) is 25.7 Å². The molecule has 3 rings (SSSR count). The van der Waals surface area contributed by atoms with Crippen molar-refractivity contribution in [3.63, 3.8) is 0 Å². The van der Waals surface area contributed by atoms with Gasteiger partial charge >= 0.3 is 6.61 Å². The van der Waals surface area contributed by atoms with Crippen molar-refractivity contribution < 1.29 is 27.8 Å². The molecule has 10 heteroatoms. The molecule has 0 bridgehead atoms. The summed E-state index contributed by atoms with van der Waals surface area (Å²) in [6.07, 6.45) is 0.662. The van der Waals surface area contributed by atoms with Gasteiger partial charge in [-0.05, 0) is 30.2 Å². The number of aliphatic imine (C=N–C) groups is 1. The van der Waals surface area contributed by atoms with E-state index >= 15 is 0 Å². The highest BCUT2D eigenvalue weighted by Gasteiger charge is 2.20. The lowest BCUT2D eigenvalue weighted by Gasteiger charge is -2.15. The van der Waals surface area contributed by atoms with E-state index < -0.39 is 6.61 Å². The minimum absolute atomic E-state index is 0.00761. The van der Waals surface area contributed by atoms with Crippen LogP contribution in [0.5, 0.6) is 17.2 Å². The van der Waals surface area contributed by atoms with Crippen molar-refractivity contribution >= 4 is 11.9 Å². The van der Waals surface area contributed by atoms with E-state index in [1.807, 2.05) is 18.2 Å². The van der Waals surface area contributed by atoms with Crippen LogP contribution in [0.4, 0.5) is 8.78 Å². The fraction of sp³-hybridized carbons (Fsp3) is 0.333. The topological polar surface area (TPSA) is 93.2 Å². The molecule has 8 nitrogen and oxygen atoms in total. The molecule has 1 amide bonds. The molecular weight excluding hydrogens is 410 g/mol. The van der Waals surface area contributed by atoms with E-state index in [1.165, 1.54) is 6.07 Å². The number of rotatable bonds is 8. The molecule has 0 atom stereocenters. The lowest BCUT2D eigenvalue weighted by atomic mass is 10.1. The molecule has 1 aliphatic heterocycles. The van der Waals surface area contributed by atoms with Crippen LogP contribution in [0.25, 0.3) is 0 Å². The molecule has 0 radical (unpaired) electrons. The van der Waals surface area contributed by atoms with Gasteiger partial charge in [0.15, 0.2) is 17.5 Å². The summed E-state index contributed by atoms with van der Waals surface area (Å²) in [5.74, 6) is 1.19. The highest BCUT2D eigenvalue weighted by Crippen LogP contribution is 2.38. The predicted octanol–water partition coefficient (Wildman–Crippen LogP) is 2.28. The molecule has 0 spiro atoms. The third kappa shape index (κ3) is 5.97. The summed E-state index contributed by atoms with van der Waals surface area (Å²) in [6, 6.07) is 10.3. The quantitative estimate of drug-likeness (QED) is 0.436.